The summed E-state index contributed by atoms with van der Waals surface area (Å²) in [4.78, 5) is 0. The van der Waals surface area contributed by atoms with Crippen LogP contribution in [0.1, 0.15) is 6.42 Å². The van der Waals surface area contributed by atoms with Gasteiger partial charge in [-0.2, -0.15) is 11.8 Å². The first-order valence-corrected chi connectivity index (χ1v) is 7.23. The number of ether oxygens (including phenoxy) is 2. The fourth-order valence-electron chi connectivity index (χ4n) is 1.18. The molecule has 0 radical (unpaired) electrons. The molecule has 0 saturated heterocycles. The molecule has 0 aliphatic carbocycles. The van der Waals surface area contributed by atoms with Crippen molar-refractivity contribution in [2.45, 2.75) is 6.42 Å². The van der Waals surface area contributed by atoms with Crippen LogP contribution < -0.4 is 4.74 Å². The van der Waals surface area contributed by atoms with Crippen LogP contribution >= 0.6 is 27.7 Å². The van der Waals surface area contributed by atoms with E-state index in [9.17, 15) is 0 Å². The molecule has 1 aromatic rings. The smallest absolute Gasteiger partial charge is 0.120 e. The van der Waals surface area contributed by atoms with Crippen LogP contribution in [0.3, 0.4) is 0 Å². The van der Waals surface area contributed by atoms with E-state index in [-0.39, 0.29) is 0 Å². The third-order valence-corrected chi connectivity index (χ3v) is 3.46. The van der Waals surface area contributed by atoms with Gasteiger partial charge in [-0.15, -0.1) is 0 Å². The minimum Gasteiger partial charge on any atom is -0.493 e. The van der Waals surface area contributed by atoms with E-state index < -0.39 is 0 Å². The van der Waals surface area contributed by atoms with E-state index in [2.05, 4.69) is 15.9 Å². The average Bonchev–Trinajstić information content (AvgIpc) is 2.28. The highest BCUT2D eigenvalue weighted by Gasteiger charge is 1.95. The summed E-state index contributed by atoms with van der Waals surface area (Å²) < 4.78 is 11.6. The van der Waals surface area contributed by atoms with E-state index in [0.29, 0.717) is 0 Å². The number of halogens is 1. The number of methoxy groups -OCH3 is 1. The van der Waals surface area contributed by atoms with E-state index >= 15 is 0 Å². The topological polar surface area (TPSA) is 18.5 Å². The normalized spacial score (nSPS) is 10.4. The fourth-order valence-corrected chi connectivity index (χ4v) is 2.29. The van der Waals surface area contributed by atoms with Crippen molar-refractivity contribution in [2.24, 2.45) is 0 Å². The van der Waals surface area contributed by atoms with Gasteiger partial charge in [0, 0.05) is 23.9 Å². The van der Waals surface area contributed by atoms with Crippen LogP contribution in [0.4, 0.5) is 0 Å². The summed E-state index contributed by atoms with van der Waals surface area (Å²) in [6.07, 6.45) is 1.11. The Kier molecular flexibility index (Phi) is 7.72. The molecule has 0 heterocycles. The van der Waals surface area contributed by atoms with Gasteiger partial charge in [0.1, 0.15) is 5.75 Å². The average molecular weight is 305 g/mol. The third-order valence-electron chi connectivity index (χ3n) is 1.93. The lowest BCUT2D eigenvalue weighted by Crippen LogP contribution is -2.01. The maximum atomic E-state index is 5.61. The molecule has 0 fully saturated rings. The molecule has 90 valence electrons. The van der Waals surface area contributed by atoms with E-state index in [4.69, 9.17) is 9.47 Å². The highest BCUT2D eigenvalue weighted by Crippen LogP contribution is 2.17. The summed E-state index contributed by atoms with van der Waals surface area (Å²) in [5.41, 5.74) is 0. The van der Waals surface area contributed by atoms with E-state index in [1.807, 2.05) is 36.0 Å². The van der Waals surface area contributed by atoms with Gasteiger partial charge in [-0.3, -0.25) is 0 Å². The molecule has 1 rings (SSSR count). The van der Waals surface area contributed by atoms with Gasteiger partial charge in [0.25, 0.3) is 0 Å². The van der Waals surface area contributed by atoms with Crippen LogP contribution in [0, 0.1) is 0 Å². The Morgan fingerprint density at radius 1 is 1.25 bits per heavy atom. The minimum atomic E-state index is 0.758. The SMILES string of the molecule is COCCCSCCOc1cccc(Br)c1. The van der Waals surface area contributed by atoms with Crippen LogP contribution in [-0.4, -0.2) is 31.8 Å². The van der Waals surface area contributed by atoms with Crippen molar-refractivity contribution < 1.29 is 9.47 Å². The lowest BCUT2D eigenvalue weighted by Gasteiger charge is -2.06. The molecule has 0 atom stereocenters. The molecule has 0 amide bonds. The molecule has 16 heavy (non-hydrogen) atoms. The summed E-state index contributed by atoms with van der Waals surface area (Å²) in [7, 11) is 1.74. The molecule has 0 aliphatic rings. The zero-order chi connectivity index (χ0) is 11.6. The molecule has 4 heteroatoms. The molecule has 0 aliphatic heterocycles. The number of hydrogen-bond donors (Lipinski definition) is 0. The zero-order valence-electron chi connectivity index (χ0n) is 9.45. The second-order valence-electron chi connectivity index (χ2n) is 3.26. The summed E-state index contributed by atoms with van der Waals surface area (Å²) in [5, 5.41) is 0. The molecule has 0 unspecified atom stereocenters. The number of benzene rings is 1. The van der Waals surface area contributed by atoms with Crippen molar-refractivity contribution >= 4 is 27.7 Å². The number of thioether (sulfide) groups is 1. The van der Waals surface area contributed by atoms with Crippen molar-refractivity contribution in [3.63, 3.8) is 0 Å². The quantitative estimate of drug-likeness (QED) is 0.684. The third kappa shape index (κ3) is 6.40. The van der Waals surface area contributed by atoms with Crippen LogP contribution in [0.15, 0.2) is 28.7 Å². The van der Waals surface area contributed by atoms with Gasteiger partial charge in [0.2, 0.25) is 0 Å². The Morgan fingerprint density at radius 3 is 2.88 bits per heavy atom. The molecule has 2 nitrogen and oxygen atoms in total. The van der Waals surface area contributed by atoms with Gasteiger partial charge in [-0.25, -0.2) is 0 Å². The standard InChI is InChI=1S/C12H17BrO2S/c1-14-6-3-8-16-9-7-15-12-5-2-4-11(13)10-12/h2,4-5,10H,3,6-9H2,1H3. The maximum absolute atomic E-state index is 5.61. The second kappa shape index (κ2) is 8.90. The first kappa shape index (κ1) is 13.9. The Balaban J connectivity index is 2.03. The van der Waals surface area contributed by atoms with Crippen LogP contribution in [0.5, 0.6) is 5.75 Å². The lowest BCUT2D eigenvalue weighted by atomic mass is 10.3. The van der Waals surface area contributed by atoms with Crippen molar-refractivity contribution in [3.05, 3.63) is 28.7 Å². The highest BCUT2D eigenvalue weighted by molar-refractivity contribution is 9.10. The predicted octanol–water partition coefficient (Wildman–Crippen LogP) is 3.60. The summed E-state index contributed by atoms with van der Waals surface area (Å²) >= 11 is 5.31. The number of rotatable bonds is 8. The van der Waals surface area contributed by atoms with Crippen LogP contribution in [-0.2, 0) is 4.74 Å². The monoisotopic (exact) mass is 304 g/mol. The van der Waals surface area contributed by atoms with Gasteiger partial charge in [0.15, 0.2) is 0 Å². The zero-order valence-corrected chi connectivity index (χ0v) is 11.9. The molecule has 0 bridgehead atoms. The first-order chi connectivity index (χ1) is 7.83. The molecule has 0 spiro atoms. The Bertz CT molecular complexity index is 294. The number of hydrogen-bond acceptors (Lipinski definition) is 3. The largest absolute Gasteiger partial charge is 0.493 e. The predicted molar refractivity (Wildman–Crippen MR) is 73.5 cm³/mol. The van der Waals surface area contributed by atoms with Gasteiger partial charge in [0.05, 0.1) is 6.61 Å². The highest BCUT2D eigenvalue weighted by atomic mass is 79.9. The molecule has 1 aromatic carbocycles. The van der Waals surface area contributed by atoms with Crippen molar-refractivity contribution in [2.75, 3.05) is 31.8 Å². The Labute approximate surface area is 110 Å². The summed E-state index contributed by atoms with van der Waals surface area (Å²) in [6.45, 7) is 1.60. The minimum absolute atomic E-state index is 0.758. The Hall–Kier alpha value is -0.190. The van der Waals surface area contributed by atoms with Crippen LogP contribution in [0.2, 0.25) is 0 Å². The molecular formula is C12H17BrO2S. The van der Waals surface area contributed by atoms with E-state index in [1.165, 1.54) is 0 Å². The van der Waals surface area contributed by atoms with Crippen molar-refractivity contribution in [3.8, 4) is 5.75 Å². The molecular weight excluding hydrogens is 288 g/mol. The summed E-state index contributed by atoms with van der Waals surface area (Å²) in [5.74, 6) is 3.08. The van der Waals surface area contributed by atoms with Gasteiger partial charge in [-0.05, 0) is 30.4 Å². The molecule has 0 N–H and O–H groups in total. The van der Waals surface area contributed by atoms with Crippen molar-refractivity contribution in [1.82, 2.24) is 0 Å². The molecule has 0 saturated carbocycles. The maximum Gasteiger partial charge on any atom is 0.120 e. The Morgan fingerprint density at radius 2 is 2.12 bits per heavy atom. The van der Waals surface area contributed by atoms with Gasteiger partial charge >= 0.3 is 0 Å². The molecule has 0 aromatic heterocycles. The van der Waals surface area contributed by atoms with Gasteiger partial charge in [-0.1, -0.05) is 22.0 Å². The van der Waals surface area contributed by atoms with E-state index in [0.717, 1.165) is 41.4 Å². The van der Waals surface area contributed by atoms with E-state index in [1.54, 1.807) is 7.11 Å². The second-order valence-corrected chi connectivity index (χ2v) is 5.40. The van der Waals surface area contributed by atoms with Crippen LogP contribution in [0.25, 0.3) is 0 Å². The van der Waals surface area contributed by atoms with Gasteiger partial charge < -0.3 is 9.47 Å². The fraction of sp³-hybridized carbons (Fsp3) is 0.500. The lowest BCUT2D eigenvalue weighted by molar-refractivity contribution is 0.200. The summed E-state index contributed by atoms with van der Waals surface area (Å²) in [6, 6.07) is 7.92. The van der Waals surface area contributed by atoms with Crippen molar-refractivity contribution in [1.29, 1.82) is 0 Å². The first-order valence-electron chi connectivity index (χ1n) is 5.28.